The summed E-state index contributed by atoms with van der Waals surface area (Å²) in [7, 11) is 1.47. The predicted molar refractivity (Wildman–Crippen MR) is 74.9 cm³/mol. The van der Waals surface area contributed by atoms with Gasteiger partial charge in [-0.3, -0.25) is 4.39 Å². The molecule has 2 aliphatic heterocycles. The lowest BCUT2D eigenvalue weighted by molar-refractivity contribution is 0.355. The highest BCUT2D eigenvalue weighted by Crippen LogP contribution is 2.66. The molecule has 2 bridgehead atoms. The first-order valence-electron chi connectivity index (χ1n) is 7.70. The summed E-state index contributed by atoms with van der Waals surface area (Å²) in [4.78, 5) is 0. The Bertz CT molecular complexity index is 255. The van der Waals surface area contributed by atoms with Crippen LogP contribution in [0.15, 0.2) is 0 Å². The van der Waals surface area contributed by atoms with E-state index >= 15 is 0 Å². The van der Waals surface area contributed by atoms with E-state index in [1.54, 1.807) is 0 Å². The molecule has 0 saturated carbocycles. The fourth-order valence-corrected chi connectivity index (χ4v) is 4.92. The summed E-state index contributed by atoms with van der Waals surface area (Å²) in [6.45, 7) is 4.78. The zero-order valence-corrected chi connectivity index (χ0v) is 11.7. The van der Waals surface area contributed by atoms with Crippen LogP contribution in [0.2, 0.25) is 10.6 Å². The SMILES string of the molecule is CCC1CC2(CCCCCF)BC1(C)CCC2. The minimum atomic E-state index is -0.123. The molecule has 0 amide bonds. The van der Waals surface area contributed by atoms with E-state index in [1.807, 2.05) is 0 Å². The van der Waals surface area contributed by atoms with Crippen molar-refractivity contribution in [1.29, 1.82) is 0 Å². The number of halogens is 1. The summed E-state index contributed by atoms with van der Waals surface area (Å²) in [5.74, 6) is 0.964. The van der Waals surface area contributed by atoms with Gasteiger partial charge in [0.25, 0.3) is 0 Å². The first kappa shape index (κ1) is 13.4. The van der Waals surface area contributed by atoms with Crippen LogP contribution < -0.4 is 0 Å². The Balaban J connectivity index is 1.92. The standard InChI is InChI=1S/C15H28BF/c1-3-13-12-15(9-5-4-6-11-17)10-7-8-14(13,2)16-15/h13,16H,3-12H2,1-2H3. The Morgan fingerprint density at radius 3 is 2.76 bits per heavy atom. The maximum absolute atomic E-state index is 12.1. The Morgan fingerprint density at radius 1 is 1.24 bits per heavy atom. The molecule has 2 fully saturated rings. The molecular formula is C15H28BF. The van der Waals surface area contributed by atoms with Gasteiger partial charge in [0.2, 0.25) is 0 Å². The summed E-state index contributed by atoms with van der Waals surface area (Å²) in [6, 6.07) is 0. The van der Waals surface area contributed by atoms with Crippen LogP contribution in [-0.2, 0) is 0 Å². The third-order valence-electron chi connectivity index (χ3n) is 5.73. The summed E-state index contributed by atoms with van der Waals surface area (Å²) >= 11 is 0. The lowest BCUT2D eigenvalue weighted by atomic mass is 9.38. The molecule has 2 aliphatic rings. The van der Waals surface area contributed by atoms with Crippen LogP contribution in [-0.4, -0.2) is 14.0 Å². The van der Waals surface area contributed by atoms with Crippen LogP contribution in [0.3, 0.4) is 0 Å². The molecule has 2 rings (SSSR count). The van der Waals surface area contributed by atoms with Gasteiger partial charge in [-0.15, -0.1) is 0 Å². The third-order valence-corrected chi connectivity index (χ3v) is 5.73. The van der Waals surface area contributed by atoms with Gasteiger partial charge < -0.3 is 0 Å². The molecule has 0 spiro atoms. The first-order chi connectivity index (χ1) is 8.14. The van der Waals surface area contributed by atoms with Crippen LogP contribution in [0.4, 0.5) is 4.39 Å². The number of rotatable bonds is 6. The van der Waals surface area contributed by atoms with E-state index in [4.69, 9.17) is 0 Å². The summed E-state index contributed by atoms with van der Waals surface area (Å²) in [5.41, 5.74) is 0. The van der Waals surface area contributed by atoms with Crippen molar-refractivity contribution >= 4 is 7.28 Å². The molecule has 2 saturated heterocycles. The molecule has 0 aromatic rings. The average molecular weight is 238 g/mol. The van der Waals surface area contributed by atoms with E-state index < -0.39 is 0 Å². The molecule has 0 aromatic heterocycles. The number of unbranched alkanes of at least 4 members (excludes halogenated alkanes) is 2. The van der Waals surface area contributed by atoms with Gasteiger partial charge in [-0.2, -0.15) is 0 Å². The van der Waals surface area contributed by atoms with Crippen molar-refractivity contribution in [3.8, 4) is 0 Å². The number of hydrogen-bond donors (Lipinski definition) is 0. The van der Waals surface area contributed by atoms with E-state index in [2.05, 4.69) is 13.8 Å². The molecule has 17 heavy (non-hydrogen) atoms. The maximum atomic E-state index is 12.1. The van der Waals surface area contributed by atoms with Crippen molar-refractivity contribution in [3.05, 3.63) is 0 Å². The minimum absolute atomic E-state index is 0.123. The van der Waals surface area contributed by atoms with Gasteiger partial charge in [-0.25, -0.2) is 0 Å². The predicted octanol–water partition coefficient (Wildman–Crippen LogP) is 4.90. The molecular weight excluding hydrogens is 210 g/mol. The van der Waals surface area contributed by atoms with Crippen LogP contribution >= 0.6 is 0 Å². The monoisotopic (exact) mass is 238 g/mol. The zero-order chi connectivity index (χ0) is 12.4. The molecule has 0 aliphatic carbocycles. The van der Waals surface area contributed by atoms with Crippen LogP contribution in [0.25, 0.3) is 0 Å². The van der Waals surface area contributed by atoms with Gasteiger partial charge in [-0.05, 0) is 12.3 Å². The van der Waals surface area contributed by atoms with E-state index in [0.29, 0.717) is 10.6 Å². The summed E-state index contributed by atoms with van der Waals surface area (Å²) in [6.07, 6.45) is 11.7. The highest BCUT2D eigenvalue weighted by Gasteiger charge is 2.53. The van der Waals surface area contributed by atoms with Crippen LogP contribution in [0.5, 0.6) is 0 Å². The van der Waals surface area contributed by atoms with Crippen molar-refractivity contribution < 1.29 is 4.39 Å². The number of fused-ring (bicyclic) bond motifs is 2. The van der Waals surface area contributed by atoms with Crippen LogP contribution in [0, 0.1) is 5.92 Å². The molecule has 3 atom stereocenters. The van der Waals surface area contributed by atoms with Crippen molar-refractivity contribution in [3.63, 3.8) is 0 Å². The normalized spacial score (nSPS) is 40.3. The fourth-order valence-electron chi connectivity index (χ4n) is 4.92. The molecule has 0 aromatic carbocycles. The van der Waals surface area contributed by atoms with Gasteiger partial charge >= 0.3 is 0 Å². The minimum Gasteiger partial charge on any atom is -0.251 e. The Labute approximate surface area is 107 Å². The molecule has 2 heteroatoms. The van der Waals surface area contributed by atoms with Crippen molar-refractivity contribution in [2.24, 2.45) is 5.92 Å². The number of hydrogen-bond acceptors (Lipinski definition) is 0. The van der Waals surface area contributed by atoms with E-state index in [0.717, 1.165) is 18.8 Å². The topological polar surface area (TPSA) is 0 Å². The third kappa shape index (κ3) is 2.71. The smallest absolute Gasteiger partial charge is 0.135 e. The lowest BCUT2D eigenvalue weighted by Gasteiger charge is -2.37. The fraction of sp³-hybridized carbons (Fsp3) is 1.00. The second-order valence-electron chi connectivity index (χ2n) is 6.99. The molecule has 2 heterocycles. The highest BCUT2D eigenvalue weighted by molar-refractivity contribution is 6.46. The quantitative estimate of drug-likeness (QED) is 0.456. The van der Waals surface area contributed by atoms with Gasteiger partial charge in [-0.1, -0.05) is 75.8 Å². The van der Waals surface area contributed by atoms with Crippen LogP contribution in [0.1, 0.15) is 71.6 Å². The summed E-state index contributed by atoms with van der Waals surface area (Å²) < 4.78 is 12.1. The Kier molecular flexibility index (Phi) is 4.20. The summed E-state index contributed by atoms with van der Waals surface area (Å²) in [5, 5.41) is 1.30. The van der Waals surface area contributed by atoms with E-state index in [-0.39, 0.29) is 6.67 Å². The number of alkyl halides is 1. The van der Waals surface area contributed by atoms with E-state index in [1.165, 1.54) is 52.2 Å². The van der Waals surface area contributed by atoms with Crippen molar-refractivity contribution in [2.45, 2.75) is 82.3 Å². The zero-order valence-electron chi connectivity index (χ0n) is 11.7. The molecule has 0 radical (unpaired) electrons. The first-order valence-corrected chi connectivity index (χ1v) is 7.70. The average Bonchev–Trinajstić information content (AvgIpc) is 2.51. The van der Waals surface area contributed by atoms with Gasteiger partial charge in [0, 0.05) is 0 Å². The van der Waals surface area contributed by atoms with Gasteiger partial charge in [0.15, 0.2) is 0 Å². The second-order valence-corrected chi connectivity index (χ2v) is 6.99. The van der Waals surface area contributed by atoms with Crippen molar-refractivity contribution in [1.82, 2.24) is 0 Å². The Hall–Kier alpha value is -0.00506. The van der Waals surface area contributed by atoms with Crippen molar-refractivity contribution in [2.75, 3.05) is 6.67 Å². The largest absolute Gasteiger partial charge is 0.251 e. The second kappa shape index (κ2) is 5.32. The van der Waals surface area contributed by atoms with Gasteiger partial charge in [0.1, 0.15) is 7.28 Å². The Morgan fingerprint density at radius 2 is 2.06 bits per heavy atom. The molecule has 98 valence electrons. The van der Waals surface area contributed by atoms with E-state index in [9.17, 15) is 4.39 Å². The van der Waals surface area contributed by atoms with Gasteiger partial charge in [0.05, 0.1) is 6.67 Å². The maximum Gasteiger partial charge on any atom is 0.135 e. The highest BCUT2D eigenvalue weighted by atomic mass is 19.1. The lowest BCUT2D eigenvalue weighted by Crippen LogP contribution is -2.27. The molecule has 0 N–H and O–H groups in total. The molecule has 0 nitrogen and oxygen atoms in total. The molecule has 3 unspecified atom stereocenters.